The third-order valence-electron chi connectivity index (χ3n) is 2.89. The average molecular weight is 288 g/mol. The summed E-state index contributed by atoms with van der Waals surface area (Å²) in [6.45, 7) is 3.59. The second kappa shape index (κ2) is 7.80. The van der Waals surface area contributed by atoms with Crippen molar-refractivity contribution >= 4 is 17.6 Å². The largest absolute Gasteiger partial charge is 0.489 e. The van der Waals surface area contributed by atoms with Crippen molar-refractivity contribution in [2.24, 2.45) is 0 Å². The third kappa shape index (κ3) is 4.17. The Hall–Kier alpha value is -1.68. The molecule has 0 unspecified atom stereocenters. The number of benzene rings is 1. The van der Waals surface area contributed by atoms with E-state index in [0.29, 0.717) is 6.61 Å². The number of nitrogens with one attached hydrogen (secondary N) is 1. The number of aromatic nitrogens is 1. The summed E-state index contributed by atoms with van der Waals surface area (Å²) in [7, 11) is 0. The van der Waals surface area contributed by atoms with E-state index in [4.69, 9.17) is 4.74 Å². The van der Waals surface area contributed by atoms with Crippen molar-refractivity contribution in [2.45, 2.75) is 24.8 Å². The highest BCUT2D eigenvalue weighted by molar-refractivity contribution is 7.98. The molecule has 0 spiro atoms. The summed E-state index contributed by atoms with van der Waals surface area (Å²) in [5, 5.41) is 3.32. The van der Waals surface area contributed by atoms with Gasteiger partial charge in [0, 0.05) is 23.2 Å². The molecule has 0 radical (unpaired) electrons. The summed E-state index contributed by atoms with van der Waals surface area (Å²) in [6, 6.07) is 12.1. The predicted molar refractivity (Wildman–Crippen MR) is 85.6 cm³/mol. The van der Waals surface area contributed by atoms with Crippen molar-refractivity contribution in [1.29, 1.82) is 0 Å². The van der Waals surface area contributed by atoms with Crippen LogP contribution in [-0.2, 0) is 6.61 Å². The first-order chi connectivity index (χ1) is 9.83. The Balaban J connectivity index is 1.98. The van der Waals surface area contributed by atoms with Gasteiger partial charge < -0.3 is 10.1 Å². The highest BCUT2D eigenvalue weighted by atomic mass is 32.2. The van der Waals surface area contributed by atoms with Crippen LogP contribution in [0.1, 0.15) is 18.9 Å². The fraction of sp³-hybridized carbons (Fsp3) is 0.312. The van der Waals surface area contributed by atoms with Crippen molar-refractivity contribution in [1.82, 2.24) is 4.98 Å². The minimum absolute atomic E-state index is 0.526. The Morgan fingerprint density at radius 2 is 2.00 bits per heavy atom. The molecule has 0 bridgehead atoms. The Kier molecular flexibility index (Phi) is 5.74. The number of ether oxygens (including phenoxy) is 1. The lowest BCUT2D eigenvalue weighted by Crippen LogP contribution is -2.07. The first kappa shape index (κ1) is 14.7. The van der Waals surface area contributed by atoms with Gasteiger partial charge in [-0.05, 0) is 43.0 Å². The van der Waals surface area contributed by atoms with Gasteiger partial charge in [-0.15, -0.1) is 11.8 Å². The molecule has 2 rings (SSSR count). The summed E-state index contributed by atoms with van der Waals surface area (Å²) in [4.78, 5) is 5.60. The number of hydrogen-bond acceptors (Lipinski definition) is 4. The number of pyridine rings is 1. The van der Waals surface area contributed by atoms with Crippen LogP contribution in [0.15, 0.2) is 47.5 Å². The predicted octanol–water partition coefficient (Wildman–Crippen LogP) is 4.20. The number of thioether (sulfide) groups is 1. The van der Waals surface area contributed by atoms with Gasteiger partial charge in [0.1, 0.15) is 18.2 Å². The number of anilines is 1. The van der Waals surface area contributed by atoms with Crippen molar-refractivity contribution < 1.29 is 4.74 Å². The van der Waals surface area contributed by atoms with Crippen LogP contribution in [0.3, 0.4) is 0 Å². The molecule has 1 N–H and O–H groups in total. The van der Waals surface area contributed by atoms with Gasteiger partial charge in [-0.2, -0.15) is 0 Å². The molecule has 1 aromatic carbocycles. The van der Waals surface area contributed by atoms with E-state index >= 15 is 0 Å². The third-order valence-corrected chi connectivity index (χ3v) is 3.63. The monoisotopic (exact) mass is 288 g/mol. The molecule has 0 aliphatic heterocycles. The Morgan fingerprint density at radius 3 is 2.70 bits per heavy atom. The zero-order valence-corrected chi connectivity index (χ0v) is 12.7. The van der Waals surface area contributed by atoms with Crippen LogP contribution < -0.4 is 10.1 Å². The van der Waals surface area contributed by atoms with Gasteiger partial charge in [0.15, 0.2) is 0 Å². The van der Waals surface area contributed by atoms with Crippen LogP contribution in [0.4, 0.5) is 5.82 Å². The number of hydrogen-bond donors (Lipinski definition) is 1. The van der Waals surface area contributed by atoms with Crippen LogP contribution in [0.25, 0.3) is 0 Å². The summed E-state index contributed by atoms with van der Waals surface area (Å²) in [5.74, 6) is 1.79. The van der Waals surface area contributed by atoms with Crippen molar-refractivity contribution in [3.05, 3.63) is 48.2 Å². The van der Waals surface area contributed by atoms with E-state index in [2.05, 4.69) is 35.6 Å². The maximum atomic E-state index is 5.82. The van der Waals surface area contributed by atoms with E-state index in [1.165, 1.54) is 4.90 Å². The molecule has 1 aromatic heterocycles. The second-order valence-corrected chi connectivity index (χ2v) is 5.28. The molecule has 3 nitrogen and oxygen atoms in total. The maximum absolute atomic E-state index is 5.82. The zero-order valence-electron chi connectivity index (χ0n) is 11.9. The van der Waals surface area contributed by atoms with Crippen LogP contribution >= 0.6 is 11.8 Å². The van der Waals surface area contributed by atoms with Crippen molar-refractivity contribution in [3.63, 3.8) is 0 Å². The molecule has 0 aliphatic rings. The maximum Gasteiger partial charge on any atom is 0.132 e. The fourth-order valence-corrected chi connectivity index (χ4v) is 2.20. The Labute approximate surface area is 124 Å². The first-order valence-corrected chi connectivity index (χ1v) is 8.00. The number of nitrogens with zero attached hydrogens (tertiary/aromatic N) is 1. The van der Waals surface area contributed by atoms with E-state index in [9.17, 15) is 0 Å². The van der Waals surface area contributed by atoms with Gasteiger partial charge in [-0.1, -0.05) is 13.0 Å². The Morgan fingerprint density at radius 1 is 1.20 bits per heavy atom. The van der Waals surface area contributed by atoms with Gasteiger partial charge in [-0.3, -0.25) is 0 Å². The van der Waals surface area contributed by atoms with Crippen molar-refractivity contribution in [2.75, 3.05) is 18.1 Å². The summed E-state index contributed by atoms with van der Waals surface area (Å²) in [6.07, 6.45) is 4.94. The SMILES string of the molecule is CCCNc1ncccc1COc1ccc(SC)cc1. The first-order valence-electron chi connectivity index (χ1n) is 6.78. The highest BCUT2D eigenvalue weighted by Gasteiger charge is 2.03. The molecule has 0 saturated carbocycles. The highest BCUT2D eigenvalue weighted by Crippen LogP contribution is 2.21. The average Bonchev–Trinajstić information content (AvgIpc) is 2.52. The van der Waals surface area contributed by atoms with E-state index < -0.39 is 0 Å². The molecule has 0 amide bonds. The van der Waals surface area contributed by atoms with Crippen molar-refractivity contribution in [3.8, 4) is 5.75 Å². The van der Waals surface area contributed by atoms with E-state index in [0.717, 1.165) is 30.1 Å². The molecule has 0 saturated heterocycles. The van der Waals surface area contributed by atoms with Crippen LogP contribution in [0.5, 0.6) is 5.75 Å². The number of rotatable bonds is 7. The standard InChI is InChI=1S/C16H20N2OS/c1-3-10-17-16-13(5-4-11-18-16)12-19-14-6-8-15(20-2)9-7-14/h4-9,11H,3,10,12H2,1-2H3,(H,17,18). The molecule has 1 heterocycles. The smallest absolute Gasteiger partial charge is 0.132 e. The van der Waals surface area contributed by atoms with E-state index in [1.807, 2.05) is 24.3 Å². The van der Waals surface area contributed by atoms with E-state index in [-0.39, 0.29) is 0 Å². The topological polar surface area (TPSA) is 34.2 Å². The van der Waals surface area contributed by atoms with Gasteiger partial charge in [0.25, 0.3) is 0 Å². The molecule has 106 valence electrons. The summed E-state index contributed by atoms with van der Waals surface area (Å²) >= 11 is 1.73. The second-order valence-electron chi connectivity index (χ2n) is 4.40. The van der Waals surface area contributed by atoms with Crippen LogP contribution in [0.2, 0.25) is 0 Å². The van der Waals surface area contributed by atoms with E-state index in [1.54, 1.807) is 18.0 Å². The van der Waals surface area contributed by atoms with Gasteiger partial charge >= 0.3 is 0 Å². The minimum atomic E-state index is 0.526. The lowest BCUT2D eigenvalue weighted by atomic mass is 10.2. The lowest BCUT2D eigenvalue weighted by molar-refractivity contribution is 0.306. The quantitative estimate of drug-likeness (QED) is 0.774. The zero-order chi connectivity index (χ0) is 14.2. The summed E-state index contributed by atoms with van der Waals surface area (Å²) in [5.41, 5.74) is 1.08. The lowest BCUT2D eigenvalue weighted by Gasteiger charge is -2.11. The fourth-order valence-electron chi connectivity index (χ4n) is 1.79. The molecule has 4 heteroatoms. The molecular weight excluding hydrogens is 268 g/mol. The van der Waals surface area contributed by atoms with Gasteiger partial charge in [0.2, 0.25) is 0 Å². The molecule has 0 aliphatic carbocycles. The Bertz CT molecular complexity index is 528. The van der Waals surface area contributed by atoms with Gasteiger partial charge in [0.05, 0.1) is 0 Å². The van der Waals surface area contributed by atoms with Crippen LogP contribution in [-0.4, -0.2) is 17.8 Å². The van der Waals surface area contributed by atoms with Crippen LogP contribution in [0, 0.1) is 0 Å². The molecular formula is C16H20N2OS. The van der Waals surface area contributed by atoms with Gasteiger partial charge in [-0.25, -0.2) is 4.98 Å². The molecule has 0 fully saturated rings. The molecule has 0 atom stereocenters. The summed E-state index contributed by atoms with van der Waals surface area (Å²) < 4.78 is 5.82. The molecule has 20 heavy (non-hydrogen) atoms. The minimum Gasteiger partial charge on any atom is -0.489 e. The molecule has 2 aromatic rings. The normalized spacial score (nSPS) is 10.3.